The Hall–Kier alpha value is -1.35. The molecule has 0 heterocycles. The van der Waals surface area contributed by atoms with Crippen LogP contribution in [-0.4, -0.2) is 25.7 Å². The Balaban J connectivity index is 0.00000137. The molecule has 1 aromatic carbocycles. The van der Waals surface area contributed by atoms with Crippen LogP contribution in [0.15, 0.2) is 24.3 Å². The fraction of sp³-hybridized carbons (Fsp3) is 0.533. The fourth-order valence-corrected chi connectivity index (χ4v) is 1.51. The molecule has 0 saturated carbocycles. The SMILES string of the molecule is CC.CCOC(=O)C(Cc1ccc(C)cc1)NC. The van der Waals surface area contributed by atoms with E-state index in [9.17, 15) is 4.79 Å². The number of aryl methyl sites for hydroxylation is 1. The number of rotatable bonds is 5. The van der Waals surface area contributed by atoms with Gasteiger partial charge in [0.25, 0.3) is 0 Å². The van der Waals surface area contributed by atoms with Gasteiger partial charge in [0.2, 0.25) is 0 Å². The summed E-state index contributed by atoms with van der Waals surface area (Å²) in [6, 6.07) is 7.92. The summed E-state index contributed by atoms with van der Waals surface area (Å²) < 4.78 is 4.99. The predicted octanol–water partition coefficient (Wildman–Crippen LogP) is 2.71. The molecule has 1 unspecified atom stereocenters. The number of benzene rings is 1. The molecule has 0 fully saturated rings. The molecule has 1 N–H and O–H groups in total. The number of ether oxygens (including phenoxy) is 1. The summed E-state index contributed by atoms with van der Waals surface area (Å²) in [5, 5.41) is 2.98. The van der Waals surface area contributed by atoms with Gasteiger partial charge in [-0.15, -0.1) is 0 Å². The highest BCUT2D eigenvalue weighted by Crippen LogP contribution is 2.07. The summed E-state index contributed by atoms with van der Waals surface area (Å²) in [5.74, 6) is -0.189. The predicted molar refractivity (Wildman–Crippen MR) is 75.7 cm³/mol. The number of carbonyl (C=O) groups excluding carboxylic acids is 1. The minimum Gasteiger partial charge on any atom is -0.465 e. The van der Waals surface area contributed by atoms with E-state index in [-0.39, 0.29) is 12.0 Å². The molecule has 0 radical (unpaired) electrons. The third kappa shape index (κ3) is 5.82. The first kappa shape index (κ1) is 16.6. The second-order valence-electron chi connectivity index (χ2n) is 3.78. The van der Waals surface area contributed by atoms with Crippen LogP contribution < -0.4 is 5.32 Å². The Morgan fingerprint density at radius 3 is 2.28 bits per heavy atom. The van der Waals surface area contributed by atoms with E-state index in [1.165, 1.54) is 5.56 Å². The molecule has 1 aromatic rings. The van der Waals surface area contributed by atoms with E-state index in [0.717, 1.165) is 5.56 Å². The topological polar surface area (TPSA) is 38.3 Å². The maximum absolute atomic E-state index is 11.6. The van der Waals surface area contributed by atoms with E-state index < -0.39 is 0 Å². The van der Waals surface area contributed by atoms with Crippen molar-refractivity contribution in [2.75, 3.05) is 13.7 Å². The summed E-state index contributed by atoms with van der Waals surface area (Å²) in [6.45, 7) is 8.28. The van der Waals surface area contributed by atoms with E-state index in [4.69, 9.17) is 4.74 Å². The lowest BCUT2D eigenvalue weighted by Crippen LogP contribution is -2.37. The van der Waals surface area contributed by atoms with Gasteiger partial charge in [-0.1, -0.05) is 43.7 Å². The van der Waals surface area contributed by atoms with E-state index >= 15 is 0 Å². The van der Waals surface area contributed by atoms with E-state index in [1.54, 1.807) is 7.05 Å². The van der Waals surface area contributed by atoms with Crippen molar-refractivity contribution in [3.05, 3.63) is 35.4 Å². The maximum atomic E-state index is 11.6. The molecule has 18 heavy (non-hydrogen) atoms. The number of hydrogen-bond acceptors (Lipinski definition) is 3. The van der Waals surface area contributed by atoms with Gasteiger partial charge in [0.05, 0.1) is 6.61 Å². The van der Waals surface area contributed by atoms with Crippen LogP contribution in [0, 0.1) is 6.92 Å². The van der Waals surface area contributed by atoms with Crippen molar-refractivity contribution < 1.29 is 9.53 Å². The molecule has 0 bridgehead atoms. The van der Waals surface area contributed by atoms with Crippen LogP contribution in [0.4, 0.5) is 0 Å². The third-order valence-corrected chi connectivity index (χ3v) is 2.48. The molecule has 3 heteroatoms. The van der Waals surface area contributed by atoms with Gasteiger partial charge in [-0.25, -0.2) is 0 Å². The van der Waals surface area contributed by atoms with E-state index in [0.29, 0.717) is 13.0 Å². The lowest BCUT2D eigenvalue weighted by atomic mass is 10.0. The maximum Gasteiger partial charge on any atom is 0.323 e. The van der Waals surface area contributed by atoms with Gasteiger partial charge in [0.15, 0.2) is 0 Å². The Kier molecular flexibility index (Phi) is 8.93. The van der Waals surface area contributed by atoms with Crippen molar-refractivity contribution >= 4 is 5.97 Å². The van der Waals surface area contributed by atoms with Crippen molar-refractivity contribution in [3.8, 4) is 0 Å². The molecule has 1 rings (SSSR count). The fourth-order valence-electron chi connectivity index (χ4n) is 1.51. The molecule has 1 atom stereocenters. The van der Waals surface area contributed by atoms with Gasteiger partial charge in [-0.2, -0.15) is 0 Å². The van der Waals surface area contributed by atoms with Crippen molar-refractivity contribution in [1.82, 2.24) is 5.32 Å². The lowest BCUT2D eigenvalue weighted by Gasteiger charge is -2.14. The molecular weight excluding hydrogens is 226 g/mol. The van der Waals surface area contributed by atoms with E-state index in [1.807, 2.05) is 52.0 Å². The quantitative estimate of drug-likeness (QED) is 0.818. The number of carbonyl (C=O) groups is 1. The Bertz CT molecular complexity index is 333. The third-order valence-electron chi connectivity index (χ3n) is 2.48. The molecule has 0 aliphatic heterocycles. The van der Waals surface area contributed by atoms with Gasteiger partial charge >= 0.3 is 5.97 Å². The second-order valence-corrected chi connectivity index (χ2v) is 3.78. The summed E-state index contributed by atoms with van der Waals surface area (Å²) in [7, 11) is 1.77. The molecule has 0 spiro atoms. The molecule has 3 nitrogen and oxygen atoms in total. The minimum absolute atomic E-state index is 0.189. The lowest BCUT2D eigenvalue weighted by molar-refractivity contribution is -0.145. The molecule has 0 aliphatic carbocycles. The highest BCUT2D eigenvalue weighted by atomic mass is 16.5. The average Bonchev–Trinajstić information content (AvgIpc) is 2.40. The van der Waals surface area contributed by atoms with Gasteiger partial charge in [-0.05, 0) is 32.9 Å². The Morgan fingerprint density at radius 2 is 1.83 bits per heavy atom. The Morgan fingerprint density at radius 1 is 1.28 bits per heavy atom. The van der Waals surface area contributed by atoms with Crippen LogP contribution in [0.1, 0.15) is 31.9 Å². The molecule has 0 aliphatic rings. The largest absolute Gasteiger partial charge is 0.465 e. The van der Waals surface area contributed by atoms with Crippen LogP contribution in [0.25, 0.3) is 0 Å². The summed E-state index contributed by atoms with van der Waals surface area (Å²) in [6.07, 6.45) is 0.662. The zero-order chi connectivity index (χ0) is 14.0. The molecule has 102 valence electrons. The van der Waals surface area contributed by atoms with Gasteiger partial charge in [-0.3, -0.25) is 4.79 Å². The monoisotopic (exact) mass is 251 g/mol. The van der Waals surface area contributed by atoms with Crippen LogP contribution >= 0.6 is 0 Å². The van der Waals surface area contributed by atoms with Gasteiger partial charge in [0, 0.05) is 0 Å². The molecule has 0 aromatic heterocycles. The highest BCUT2D eigenvalue weighted by molar-refractivity contribution is 5.76. The van der Waals surface area contributed by atoms with Gasteiger partial charge < -0.3 is 10.1 Å². The minimum atomic E-state index is -0.261. The zero-order valence-corrected chi connectivity index (χ0v) is 12.1. The standard InChI is InChI=1S/C13H19NO2.C2H6/c1-4-16-13(15)12(14-3)9-11-7-5-10(2)6-8-11;1-2/h5-8,12,14H,4,9H2,1-3H3;1-2H3. The summed E-state index contributed by atoms with van der Waals surface area (Å²) in [4.78, 5) is 11.6. The van der Waals surface area contributed by atoms with Crippen LogP contribution in [0.2, 0.25) is 0 Å². The van der Waals surface area contributed by atoms with Crippen LogP contribution in [-0.2, 0) is 16.0 Å². The first-order chi connectivity index (χ1) is 8.67. The summed E-state index contributed by atoms with van der Waals surface area (Å²) in [5.41, 5.74) is 2.36. The molecular formula is C15H25NO2. The second kappa shape index (κ2) is 9.66. The van der Waals surface area contributed by atoms with Crippen molar-refractivity contribution in [2.24, 2.45) is 0 Å². The highest BCUT2D eigenvalue weighted by Gasteiger charge is 2.17. The first-order valence-electron chi connectivity index (χ1n) is 6.56. The van der Waals surface area contributed by atoms with Gasteiger partial charge in [0.1, 0.15) is 6.04 Å². The number of hydrogen-bond donors (Lipinski definition) is 1. The molecule has 0 saturated heterocycles. The van der Waals surface area contributed by atoms with Crippen LogP contribution in [0.5, 0.6) is 0 Å². The smallest absolute Gasteiger partial charge is 0.323 e. The van der Waals surface area contributed by atoms with E-state index in [2.05, 4.69) is 5.32 Å². The number of nitrogens with one attached hydrogen (secondary N) is 1. The Labute approximate surface area is 111 Å². The molecule has 0 amide bonds. The number of likely N-dealkylation sites (N-methyl/N-ethyl adjacent to an activating group) is 1. The van der Waals surface area contributed by atoms with Crippen molar-refractivity contribution in [3.63, 3.8) is 0 Å². The first-order valence-corrected chi connectivity index (χ1v) is 6.56. The van der Waals surface area contributed by atoms with Crippen LogP contribution in [0.3, 0.4) is 0 Å². The van der Waals surface area contributed by atoms with Crippen molar-refractivity contribution in [2.45, 2.75) is 40.2 Å². The average molecular weight is 251 g/mol. The summed E-state index contributed by atoms with van der Waals surface area (Å²) >= 11 is 0. The normalized spacial score (nSPS) is 11.2. The number of esters is 1. The van der Waals surface area contributed by atoms with Crippen molar-refractivity contribution in [1.29, 1.82) is 0 Å². The zero-order valence-electron chi connectivity index (χ0n) is 12.1.